The van der Waals surface area contributed by atoms with E-state index in [0.29, 0.717) is 11.3 Å². The van der Waals surface area contributed by atoms with E-state index in [0.717, 1.165) is 11.3 Å². The normalized spacial score (nSPS) is 11.8. The van der Waals surface area contributed by atoms with Gasteiger partial charge in [0.25, 0.3) is 11.8 Å². The van der Waals surface area contributed by atoms with Gasteiger partial charge in [-0.15, -0.1) is 0 Å². The monoisotopic (exact) mass is 316 g/mol. The molecule has 0 spiro atoms. The van der Waals surface area contributed by atoms with Gasteiger partial charge in [-0.3, -0.25) is 14.3 Å². The number of nitrogens with one attached hydrogen (secondary N) is 1. The predicted octanol–water partition coefficient (Wildman–Crippen LogP) is 1.08. The van der Waals surface area contributed by atoms with Crippen LogP contribution in [0.25, 0.3) is 0 Å². The van der Waals surface area contributed by atoms with Crippen molar-refractivity contribution in [2.75, 3.05) is 6.61 Å². The summed E-state index contributed by atoms with van der Waals surface area (Å²) in [6.45, 7) is 3.55. The smallest absolute Gasteiger partial charge is 0.255 e. The van der Waals surface area contributed by atoms with Crippen molar-refractivity contribution < 1.29 is 14.3 Å². The summed E-state index contributed by atoms with van der Waals surface area (Å²) in [6, 6.07) is 6.50. The lowest BCUT2D eigenvalue weighted by molar-refractivity contribution is -0.119. The number of para-hydroxylation sites is 1. The summed E-state index contributed by atoms with van der Waals surface area (Å²) in [5.74, 6) is -0.570. The molecule has 1 aromatic heterocycles. The number of ether oxygens (including phenoxy) is 1. The SMILES string of the molecule is Cc1c(C(C)NC(=O)c2ccccc2OCC(N)=O)cnn1C. The zero-order valence-corrected chi connectivity index (χ0v) is 13.4. The van der Waals surface area contributed by atoms with Crippen LogP contribution in [0.1, 0.15) is 34.6 Å². The van der Waals surface area contributed by atoms with E-state index < -0.39 is 5.91 Å². The van der Waals surface area contributed by atoms with Crippen LogP contribution >= 0.6 is 0 Å². The third-order valence-electron chi connectivity index (χ3n) is 3.59. The van der Waals surface area contributed by atoms with Crippen molar-refractivity contribution in [2.45, 2.75) is 19.9 Å². The predicted molar refractivity (Wildman–Crippen MR) is 85.0 cm³/mol. The molecule has 2 aromatic rings. The zero-order valence-electron chi connectivity index (χ0n) is 13.4. The Kier molecular flexibility index (Phi) is 5.00. The molecular weight excluding hydrogens is 296 g/mol. The number of amides is 2. The molecule has 0 aliphatic heterocycles. The fourth-order valence-corrected chi connectivity index (χ4v) is 2.22. The van der Waals surface area contributed by atoms with Gasteiger partial charge in [0.1, 0.15) is 5.75 Å². The van der Waals surface area contributed by atoms with Crippen LogP contribution in [-0.4, -0.2) is 28.2 Å². The minimum atomic E-state index is -0.598. The molecule has 0 saturated carbocycles. The third-order valence-corrected chi connectivity index (χ3v) is 3.59. The highest BCUT2D eigenvalue weighted by Gasteiger charge is 2.18. The minimum absolute atomic E-state index is 0.208. The molecule has 7 heteroatoms. The molecule has 2 rings (SSSR count). The topological polar surface area (TPSA) is 99.2 Å². The number of rotatable bonds is 6. The lowest BCUT2D eigenvalue weighted by Gasteiger charge is -2.15. The van der Waals surface area contributed by atoms with Crippen LogP contribution in [0, 0.1) is 6.92 Å². The van der Waals surface area contributed by atoms with Crippen molar-refractivity contribution in [2.24, 2.45) is 12.8 Å². The van der Waals surface area contributed by atoms with E-state index in [-0.39, 0.29) is 18.6 Å². The van der Waals surface area contributed by atoms with Gasteiger partial charge >= 0.3 is 0 Å². The van der Waals surface area contributed by atoms with Crippen molar-refractivity contribution >= 4 is 11.8 Å². The molecule has 1 heterocycles. The highest BCUT2D eigenvalue weighted by molar-refractivity contribution is 5.97. The maximum Gasteiger partial charge on any atom is 0.255 e. The highest BCUT2D eigenvalue weighted by atomic mass is 16.5. The van der Waals surface area contributed by atoms with Crippen LogP contribution in [-0.2, 0) is 11.8 Å². The van der Waals surface area contributed by atoms with Gasteiger partial charge < -0.3 is 15.8 Å². The number of hydrogen-bond acceptors (Lipinski definition) is 4. The molecule has 1 aromatic carbocycles. The van der Waals surface area contributed by atoms with E-state index in [1.807, 2.05) is 20.9 Å². The molecule has 0 fully saturated rings. The van der Waals surface area contributed by atoms with Gasteiger partial charge in [-0.05, 0) is 26.0 Å². The Morgan fingerprint density at radius 2 is 2.09 bits per heavy atom. The van der Waals surface area contributed by atoms with E-state index in [1.165, 1.54) is 0 Å². The zero-order chi connectivity index (χ0) is 17.0. The average molecular weight is 316 g/mol. The maximum absolute atomic E-state index is 12.5. The number of aromatic nitrogens is 2. The molecule has 0 radical (unpaired) electrons. The van der Waals surface area contributed by atoms with E-state index in [9.17, 15) is 9.59 Å². The number of carbonyl (C=O) groups is 2. The maximum atomic E-state index is 12.5. The number of benzene rings is 1. The Morgan fingerprint density at radius 3 is 2.70 bits per heavy atom. The quantitative estimate of drug-likeness (QED) is 0.833. The van der Waals surface area contributed by atoms with Crippen LogP contribution in [0.2, 0.25) is 0 Å². The van der Waals surface area contributed by atoms with Gasteiger partial charge in [-0.2, -0.15) is 5.10 Å². The first kappa shape index (κ1) is 16.5. The number of carbonyl (C=O) groups excluding carboxylic acids is 2. The second-order valence-corrected chi connectivity index (χ2v) is 5.26. The molecule has 0 saturated heterocycles. The van der Waals surface area contributed by atoms with Crippen LogP contribution in [0.3, 0.4) is 0 Å². The van der Waals surface area contributed by atoms with Crippen molar-refractivity contribution in [3.8, 4) is 5.75 Å². The largest absolute Gasteiger partial charge is 0.483 e. The molecule has 7 nitrogen and oxygen atoms in total. The molecule has 23 heavy (non-hydrogen) atoms. The molecule has 0 bridgehead atoms. The minimum Gasteiger partial charge on any atom is -0.483 e. The van der Waals surface area contributed by atoms with Gasteiger partial charge in [-0.25, -0.2) is 0 Å². The van der Waals surface area contributed by atoms with Crippen molar-refractivity contribution in [1.82, 2.24) is 15.1 Å². The highest BCUT2D eigenvalue weighted by Crippen LogP contribution is 2.21. The molecule has 0 aliphatic rings. The summed E-state index contributed by atoms with van der Waals surface area (Å²) >= 11 is 0. The number of aryl methyl sites for hydroxylation is 1. The molecule has 0 aliphatic carbocycles. The van der Waals surface area contributed by atoms with Gasteiger partial charge in [0.15, 0.2) is 6.61 Å². The van der Waals surface area contributed by atoms with E-state index in [1.54, 1.807) is 35.1 Å². The molecule has 1 atom stereocenters. The van der Waals surface area contributed by atoms with Crippen LogP contribution in [0.15, 0.2) is 30.5 Å². The van der Waals surface area contributed by atoms with Gasteiger partial charge in [-0.1, -0.05) is 12.1 Å². The Morgan fingerprint density at radius 1 is 1.39 bits per heavy atom. The van der Waals surface area contributed by atoms with Crippen molar-refractivity contribution in [1.29, 1.82) is 0 Å². The number of primary amides is 1. The third kappa shape index (κ3) is 3.88. The molecule has 1 unspecified atom stereocenters. The van der Waals surface area contributed by atoms with Gasteiger partial charge in [0.2, 0.25) is 0 Å². The molecular formula is C16H20N4O3. The summed E-state index contributed by atoms with van der Waals surface area (Å²) in [5.41, 5.74) is 7.34. The Bertz CT molecular complexity index is 724. The lowest BCUT2D eigenvalue weighted by Crippen LogP contribution is -2.28. The first-order valence-corrected chi connectivity index (χ1v) is 7.19. The molecule has 3 N–H and O–H groups in total. The fraction of sp³-hybridized carbons (Fsp3) is 0.312. The van der Waals surface area contributed by atoms with E-state index >= 15 is 0 Å². The second-order valence-electron chi connectivity index (χ2n) is 5.26. The summed E-state index contributed by atoms with van der Waals surface area (Å²) in [5, 5.41) is 7.08. The fourth-order valence-electron chi connectivity index (χ4n) is 2.22. The summed E-state index contributed by atoms with van der Waals surface area (Å²) in [7, 11) is 1.85. The van der Waals surface area contributed by atoms with E-state index in [2.05, 4.69) is 10.4 Å². The number of nitrogens with zero attached hydrogens (tertiary/aromatic N) is 2. The second kappa shape index (κ2) is 6.95. The van der Waals surface area contributed by atoms with Crippen LogP contribution < -0.4 is 15.8 Å². The number of nitrogens with two attached hydrogens (primary N) is 1. The molecule has 122 valence electrons. The Balaban J connectivity index is 2.14. The van der Waals surface area contributed by atoms with E-state index in [4.69, 9.17) is 10.5 Å². The van der Waals surface area contributed by atoms with Crippen LogP contribution in [0.4, 0.5) is 0 Å². The van der Waals surface area contributed by atoms with Gasteiger partial charge in [0, 0.05) is 18.3 Å². The summed E-state index contributed by atoms with van der Waals surface area (Å²) in [4.78, 5) is 23.3. The van der Waals surface area contributed by atoms with Gasteiger partial charge in [0.05, 0.1) is 17.8 Å². The number of hydrogen-bond donors (Lipinski definition) is 2. The van der Waals surface area contributed by atoms with Crippen molar-refractivity contribution in [3.05, 3.63) is 47.3 Å². The van der Waals surface area contributed by atoms with Crippen molar-refractivity contribution in [3.63, 3.8) is 0 Å². The average Bonchev–Trinajstić information content (AvgIpc) is 2.85. The molecule has 2 amide bonds. The Hall–Kier alpha value is -2.83. The first-order chi connectivity index (χ1) is 10.9. The Labute approximate surface area is 134 Å². The van der Waals surface area contributed by atoms with Crippen LogP contribution in [0.5, 0.6) is 5.75 Å². The standard InChI is InChI=1S/C16H20N4O3/c1-10(13-8-18-20(3)11(13)2)19-16(22)12-6-4-5-7-14(12)23-9-15(17)21/h4-8,10H,9H2,1-3H3,(H2,17,21)(H,19,22). The summed E-state index contributed by atoms with van der Waals surface area (Å²) < 4.78 is 7.03. The first-order valence-electron chi connectivity index (χ1n) is 7.19. The summed E-state index contributed by atoms with van der Waals surface area (Å²) in [6.07, 6.45) is 1.73. The lowest BCUT2D eigenvalue weighted by atomic mass is 10.1.